The molecule has 0 radical (unpaired) electrons. The summed E-state index contributed by atoms with van der Waals surface area (Å²) in [6, 6.07) is 14.8. The molecule has 2 heterocycles. The molecule has 24 heavy (non-hydrogen) atoms. The number of carbonyl (C=O) groups is 1. The predicted molar refractivity (Wildman–Crippen MR) is 96.0 cm³/mol. The van der Waals surface area contributed by atoms with Gasteiger partial charge in [-0.15, -0.1) is 11.3 Å². The van der Waals surface area contributed by atoms with E-state index in [9.17, 15) is 9.18 Å². The van der Waals surface area contributed by atoms with E-state index in [1.165, 1.54) is 17.7 Å². The van der Waals surface area contributed by atoms with Crippen LogP contribution < -0.4 is 5.32 Å². The minimum atomic E-state index is -0.273. The van der Waals surface area contributed by atoms with Gasteiger partial charge in [-0.1, -0.05) is 42.0 Å². The standard InChI is InChI=1S/C20H16FNOS/c1-12-5-7-13(8-6-12)16-10-18(23)22-19-17(11-24-20(16)19)14-3-2-4-15(21)9-14/h2-9,11,16H,10H2,1H3,(H,22,23). The number of halogens is 1. The highest BCUT2D eigenvalue weighted by molar-refractivity contribution is 7.11. The van der Waals surface area contributed by atoms with Gasteiger partial charge in [-0.25, -0.2) is 4.39 Å². The van der Waals surface area contributed by atoms with Crippen molar-refractivity contribution in [1.82, 2.24) is 0 Å². The van der Waals surface area contributed by atoms with Gasteiger partial charge in [0, 0.05) is 28.2 Å². The Morgan fingerprint density at radius 1 is 1.17 bits per heavy atom. The van der Waals surface area contributed by atoms with Crippen LogP contribution in [0.15, 0.2) is 53.9 Å². The van der Waals surface area contributed by atoms with Crippen molar-refractivity contribution in [3.05, 3.63) is 75.7 Å². The number of nitrogens with one attached hydrogen (secondary N) is 1. The molecule has 1 aliphatic heterocycles. The lowest BCUT2D eigenvalue weighted by atomic mass is 9.89. The first-order valence-corrected chi connectivity index (χ1v) is 8.73. The van der Waals surface area contributed by atoms with Crippen LogP contribution in [-0.4, -0.2) is 5.91 Å². The molecule has 2 aromatic carbocycles. The molecular formula is C20H16FNOS. The lowest BCUT2D eigenvalue weighted by Gasteiger charge is -2.24. The Morgan fingerprint density at radius 3 is 2.71 bits per heavy atom. The number of thiophene rings is 1. The lowest BCUT2D eigenvalue weighted by Crippen LogP contribution is -2.22. The molecule has 2 nitrogen and oxygen atoms in total. The predicted octanol–water partition coefficient (Wildman–Crippen LogP) is 5.34. The first-order valence-electron chi connectivity index (χ1n) is 7.85. The molecule has 3 aromatic rings. The third kappa shape index (κ3) is 2.63. The summed E-state index contributed by atoms with van der Waals surface area (Å²) in [6.45, 7) is 2.05. The van der Waals surface area contributed by atoms with Crippen molar-refractivity contribution in [2.75, 3.05) is 5.32 Å². The molecule has 1 N–H and O–H groups in total. The van der Waals surface area contributed by atoms with Gasteiger partial charge < -0.3 is 5.32 Å². The van der Waals surface area contributed by atoms with Crippen LogP contribution in [0.3, 0.4) is 0 Å². The van der Waals surface area contributed by atoms with Gasteiger partial charge in [-0.3, -0.25) is 4.79 Å². The summed E-state index contributed by atoms with van der Waals surface area (Å²) in [5.41, 5.74) is 4.85. The second kappa shape index (κ2) is 5.87. The molecule has 120 valence electrons. The van der Waals surface area contributed by atoms with E-state index in [1.54, 1.807) is 17.4 Å². The summed E-state index contributed by atoms with van der Waals surface area (Å²) in [4.78, 5) is 13.4. The number of fused-ring (bicyclic) bond motifs is 1. The van der Waals surface area contributed by atoms with E-state index in [-0.39, 0.29) is 17.6 Å². The topological polar surface area (TPSA) is 29.1 Å². The van der Waals surface area contributed by atoms with Gasteiger partial charge in [-0.2, -0.15) is 0 Å². The Balaban J connectivity index is 1.81. The summed E-state index contributed by atoms with van der Waals surface area (Å²) in [5.74, 6) is -0.213. The molecule has 1 amide bonds. The summed E-state index contributed by atoms with van der Waals surface area (Å²) in [5, 5.41) is 4.99. The summed E-state index contributed by atoms with van der Waals surface area (Å²) >= 11 is 1.62. The van der Waals surface area contributed by atoms with Gasteiger partial charge in [0.05, 0.1) is 5.69 Å². The zero-order chi connectivity index (χ0) is 16.7. The molecule has 4 rings (SSSR count). The summed E-state index contributed by atoms with van der Waals surface area (Å²) in [6.07, 6.45) is 0.444. The lowest BCUT2D eigenvalue weighted by molar-refractivity contribution is -0.116. The fourth-order valence-corrected chi connectivity index (χ4v) is 4.32. The molecule has 1 aliphatic rings. The molecule has 0 saturated carbocycles. The molecule has 4 heteroatoms. The van der Waals surface area contributed by atoms with Gasteiger partial charge in [-0.05, 0) is 30.2 Å². The van der Waals surface area contributed by atoms with Crippen molar-refractivity contribution in [2.24, 2.45) is 0 Å². The molecule has 0 aliphatic carbocycles. The number of hydrogen-bond donors (Lipinski definition) is 1. The van der Waals surface area contributed by atoms with Crippen molar-refractivity contribution in [2.45, 2.75) is 19.3 Å². The third-order valence-corrected chi connectivity index (χ3v) is 5.50. The Labute approximate surface area is 144 Å². The maximum absolute atomic E-state index is 13.6. The van der Waals surface area contributed by atoms with Crippen molar-refractivity contribution in [3.63, 3.8) is 0 Å². The van der Waals surface area contributed by atoms with E-state index < -0.39 is 0 Å². The average molecular weight is 337 g/mol. The van der Waals surface area contributed by atoms with Crippen LogP contribution >= 0.6 is 11.3 Å². The van der Waals surface area contributed by atoms with E-state index in [0.717, 1.165) is 27.3 Å². The largest absolute Gasteiger partial charge is 0.325 e. The van der Waals surface area contributed by atoms with Crippen molar-refractivity contribution >= 4 is 22.9 Å². The maximum Gasteiger partial charge on any atom is 0.225 e. The van der Waals surface area contributed by atoms with E-state index in [1.807, 2.05) is 11.4 Å². The Morgan fingerprint density at radius 2 is 1.96 bits per heavy atom. The first-order chi connectivity index (χ1) is 11.6. The zero-order valence-electron chi connectivity index (χ0n) is 13.2. The van der Waals surface area contributed by atoms with Crippen LogP contribution in [0, 0.1) is 12.7 Å². The van der Waals surface area contributed by atoms with Crippen LogP contribution in [0.1, 0.15) is 28.3 Å². The third-order valence-electron chi connectivity index (χ3n) is 4.41. The maximum atomic E-state index is 13.6. The minimum absolute atomic E-state index is 0.00382. The van der Waals surface area contributed by atoms with E-state index >= 15 is 0 Å². The fourth-order valence-electron chi connectivity index (χ4n) is 3.16. The Bertz CT molecular complexity index is 914. The van der Waals surface area contributed by atoms with Gasteiger partial charge in [0.1, 0.15) is 5.82 Å². The number of rotatable bonds is 2. The number of carbonyl (C=O) groups excluding carboxylic acids is 1. The van der Waals surface area contributed by atoms with Crippen LogP contribution in [0.25, 0.3) is 11.1 Å². The average Bonchev–Trinajstić information content (AvgIpc) is 2.98. The molecule has 0 saturated heterocycles. The fraction of sp³-hybridized carbons (Fsp3) is 0.150. The molecule has 1 unspecified atom stereocenters. The van der Waals surface area contributed by atoms with E-state index in [2.05, 4.69) is 36.5 Å². The van der Waals surface area contributed by atoms with Crippen LogP contribution in [0.4, 0.5) is 10.1 Å². The number of anilines is 1. The number of aryl methyl sites for hydroxylation is 1. The van der Waals surface area contributed by atoms with E-state index in [4.69, 9.17) is 0 Å². The minimum Gasteiger partial charge on any atom is -0.325 e. The van der Waals surface area contributed by atoms with Crippen LogP contribution in [-0.2, 0) is 4.79 Å². The van der Waals surface area contributed by atoms with Crippen LogP contribution in [0.5, 0.6) is 0 Å². The van der Waals surface area contributed by atoms with E-state index in [0.29, 0.717) is 6.42 Å². The van der Waals surface area contributed by atoms with Gasteiger partial charge in [0.25, 0.3) is 0 Å². The first kappa shape index (κ1) is 15.1. The van der Waals surface area contributed by atoms with Crippen molar-refractivity contribution < 1.29 is 9.18 Å². The van der Waals surface area contributed by atoms with Crippen molar-refractivity contribution in [1.29, 1.82) is 0 Å². The summed E-state index contributed by atoms with van der Waals surface area (Å²) < 4.78 is 13.6. The number of hydrogen-bond acceptors (Lipinski definition) is 2. The van der Waals surface area contributed by atoms with Crippen molar-refractivity contribution in [3.8, 4) is 11.1 Å². The Hall–Kier alpha value is -2.46. The van der Waals surface area contributed by atoms with Gasteiger partial charge in [0.2, 0.25) is 5.91 Å². The molecule has 0 fully saturated rings. The highest BCUT2D eigenvalue weighted by Crippen LogP contribution is 2.46. The van der Waals surface area contributed by atoms with Gasteiger partial charge in [0.15, 0.2) is 0 Å². The quantitative estimate of drug-likeness (QED) is 0.672. The van der Waals surface area contributed by atoms with Crippen LogP contribution in [0.2, 0.25) is 0 Å². The second-order valence-corrected chi connectivity index (χ2v) is 7.03. The molecule has 1 atom stereocenters. The highest BCUT2D eigenvalue weighted by atomic mass is 32.1. The number of benzene rings is 2. The SMILES string of the molecule is Cc1ccc(C2CC(=O)Nc3c(-c4cccc(F)c4)csc32)cc1. The monoisotopic (exact) mass is 337 g/mol. The zero-order valence-corrected chi connectivity index (χ0v) is 14.0. The highest BCUT2D eigenvalue weighted by Gasteiger charge is 2.30. The van der Waals surface area contributed by atoms with Gasteiger partial charge >= 0.3 is 0 Å². The molecule has 1 aromatic heterocycles. The smallest absolute Gasteiger partial charge is 0.225 e. The molecular weight excluding hydrogens is 321 g/mol. The molecule has 0 spiro atoms. The summed E-state index contributed by atoms with van der Waals surface area (Å²) in [7, 11) is 0. The Kier molecular flexibility index (Phi) is 3.69. The second-order valence-electron chi connectivity index (χ2n) is 6.11. The molecule has 0 bridgehead atoms. The number of amides is 1. The normalized spacial score (nSPS) is 16.6.